The second-order valence-electron chi connectivity index (χ2n) is 3.31. The van der Waals surface area contributed by atoms with Gasteiger partial charge in [-0.1, -0.05) is 24.3 Å². The second-order valence-corrected chi connectivity index (χ2v) is 4.66. The third kappa shape index (κ3) is 3.77. The van der Waals surface area contributed by atoms with Crippen LogP contribution in [0.15, 0.2) is 35.5 Å². The maximum absolute atomic E-state index is 11.6. The summed E-state index contributed by atoms with van der Waals surface area (Å²) in [6.07, 6.45) is 0.708. The number of allylic oxidation sites excluding steroid dienone is 1. The van der Waals surface area contributed by atoms with E-state index in [0.29, 0.717) is 6.08 Å². The van der Waals surface area contributed by atoms with E-state index < -0.39 is 26.5 Å². The Morgan fingerprint density at radius 3 is 2.05 bits per heavy atom. The number of hydrogen-bond donors (Lipinski definition) is 0. The first-order valence-corrected chi connectivity index (χ1v) is 5.88. The quantitative estimate of drug-likeness (QED) is 0.292. The van der Waals surface area contributed by atoms with Gasteiger partial charge in [0.2, 0.25) is 5.78 Å². The Balaban J connectivity index is 0.00000162. The zero-order valence-corrected chi connectivity index (χ0v) is 15.1. The number of carbonyl (C=O) groups is 1. The molecule has 1 aliphatic carbocycles. The van der Waals surface area contributed by atoms with Crippen molar-refractivity contribution in [2.24, 2.45) is 5.16 Å². The number of rotatable bonds is 1. The molecule has 0 heterocycles. The van der Waals surface area contributed by atoms with Crippen LogP contribution in [0.4, 0.5) is 0 Å². The molecule has 0 unspecified atom stereocenters. The summed E-state index contributed by atoms with van der Waals surface area (Å²) in [5.41, 5.74) is -0.600. The molecule has 0 bridgehead atoms. The van der Waals surface area contributed by atoms with Crippen molar-refractivity contribution in [3.05, 3.63) is 46.7 Å². The molecule has 0 saturated heterocycles. The summed E-state index contributed by atoms with van der Waals surface area (Å²) >= 11 is 0. The van der Waals surface area contributed by atoms with Gasteiger partial charge in [-0.15, -0.1) is 0 Å². The summed E-state index contributed by atoms with van der Waals surface area (Å²) in [5, 5.41) is 12.8. The summed E-state index contributed by atoms with van der Waals surface area (Å²) in [5.74, 6) is -0.692. The molecule has 0 spiro atoms. The fraction of sp³-hybridized carbons (Fsp3) is 0. The number of carbonyl (C=O) groups excluding carboxylic acids is 1. The monoisotopic (exact) mass is 297 g/mol. The molecule has 6 nitrogen and oxygen atoms in total. The Kier molecular flexibility index (Phi) is 7.15. The molecule has 0 aromatic heterocycles. The molecule has 0 atom stereocenters. The molecule has 1 aromatic carbocycles. The van der Waals surface area contributed by atoms with E-state index in [0.717, 1.165) is 0 Å². The third-order valence-corrected chi connectivity index (χ3v) is 3.18. The van der Waals surface area contributed by atoms with E-state index in [1.54, 1.807) is 0 Å². The molecule has 0 fully saturated rings. The van der Waals surface area contributed by atoms with Gasteiger partial charge >= 0.3 is 59.1 Å². The van der Waals surface area contributed by atoms with Crippen LogP contribution in [0.3, 0.4) is 0 Å². The van der Waals surface area contributed by atoms with Crippen LogP contribution in [0.5, 0.6) is 0 Å². The van der Waals surface area contributed by atoms with E-state index in [4.69, 9.17) is 0 Å². The topological polar surface area (TPSA) is 110 Å². The van der Waals surface area contributed by atoms with Crippen molar-refractivity contribution >= 4 is 26.5 Å². The fourth-order valence-corrected chi connectivity index (χ4v) is 2.28. The van der Waals surface area contributed by atoms with Gasteiger partial charge in [0.15, 0.2) is 0 Å². The van der Waals surface area contributed by atoms with Crippen molar-refractivity contribution in [3.63, 3.8) is 0 Å². The second kappa shape index (κ2) is 7.14. The molecule has 2 rings (SSSR count). The van der Waals surface area contributed by atoms with Gasteiger partial charge in [0, 0.05) is 11.1 Å². The molecule has 0 aliphatic heterocycles. The average molecular weight is 297 g/mol. The van der Waals surface area contributed by atoms with Crippen molar-refractivity contribution in [3.8, 4) is 0 Å². The van der Waals surface area contributed by atoms with Crippen LogP contribution in [-0.2, 0) is 10.1 Å². The molecule has 0 N–H and O–H groups in total. The van der Waals surface area contributed by atoms with Gasteiger partial charge in [0.1, 0.15) is 15.8 Å². The van der Waals surface area contributed by atoms with E-state index in [2.05, 4.69) is 5.16 Å². The molecule has 88 valence electrons. The first kappa shape index (κ1) is 19.0. The van der Waals surface area contributed by atoms with Gasteiger partial charge in [-0.3, -0.25) is 4.79 Å². The van der Waals surface area contributed by atoms with E-state index in [-0.39, 0.29) is 70.2 Å². The molecular weight excluding hydrogens is 292 g/mol. The van der Waals surface area contributed by atoms with Gasteiger partial charge in [-0.25, -0.2) is 8.42 Å². The van der Waals surface area contributed by atoms with Crippen LogP contribution in [0.25, 0.3) is 4.91 Å². The summed E-state index contributed by atoms with van der Waals surface area (Å²) in [4.78, 5) is 11.0. The SMILES string of the molecule is O=C1/C(=N/[O-])C=C(S(=O)(=O)[O-])c2ccccc21.[Na+].[Na+]. The molecule has 1 aliphatic rings. The van der Waals surface area contributed by atoms with E-state index in [1.165, 1.54) is 24.3 Å². The molecule has 0 radical (unpaired) electrons. The number of Topliss-reactive ketones (excluding diaryl/α,β-unsaturated/α-hetero) is 1. The predicted molar refractivity (Wildman–Crippen MR) is 59.2 cm³/mol. The maximum Gasteiger partial charge on any atom is 1.00 e. The predicted octanol–water partition coefficient (Wildman–Crippen LogP) is -5.28. The third-order valence-electron chi connectivity index (χ3n) is 2.31. The number of benzene rings is 1. The Morgan fingerprint density at radius 2 is 1.58 bits per heavy atom. The Labute approximate surface area is 153 Å². The van der Waals surface area contributed by atoms with Gasteiger partial charge in [0.05, 0.1) is 4.91 Å². The molecule has 19 heavy (non-hydrogen) atoms. The van der Waals surface area contributed by atoms with E-state index in [9.17, 15) is 23.0 Å². The van der Waals surface area contributed by atoms with Crippen molar-refractivity contribution < 1.29 is 76.9 Å². The van der Waals surface area contributed by atoms with E-state index in [1.807, 2.05) is 0 Å². The van der Waals surface area contributed by atoms with Crippen LogP contribution >= 0.6 is 0 Å². The first-order valence-electron chi connectivity index (χ1n) is 4.47. The Hall–Kier alpha value is 0.0100. The van der Waals surface area contributed by atoms with Gasteiger partial charge in [0.25, 0.3) is 0 Å². The molecule has 0 saturated carbocycles. The number of ketones is 1. The van der Waals surface area contributed by atoms with Crippen LogP contribution < -0.4 is 59.1 Å². The van der Waals surface area contributed by atoms with Crippen LogP contribution in [0.1, 0.15) is 15.9 Å². The minimum Gasteiger partial charge on any atom is -0.791 e. The molecule has 1 aromatic rings. The largest absolute Gasteiger partial charge is 1.00 e. The number of fused-ring (bicyclic) bond motifs is 1. The van der Waals surface area contributed by atoms with E-state index >= 15 is 0 Å². The van der Waals surface area contributed by atoms with Crippen LogP contribution in [-0.4, -0.2) is 24.5 Å². The van der Waals surface area contributed by atoms with Crippen LogP contribution in [0, 0.1) is 5.21 Å². The molecule has 0 amide bonds. The average Bonchev–Trinajstić information content (AvgIpc) is 2.28. The van der Waals surface area contributed by atoms with Crippen LogP contribution in [0.2, 0.25) is 0 Å². The number of nitrogens with zero attached hydrogens (tertiary/aromatic N) is 1. The van der Waals surface area contributed by atoms with Crippen molar-refractivity contribution in [2.45, 2.75) is 0 Å². The minimum atomic E-state index is -4.77. The number of hydrogen-bond acceptors (Lipinski definition) is 6. The smallest absolute Gasteiger partial charge is 0.791 e. The van der Waals surface area contributed by atoms with Gasteiger partial charge < -0.3 is 14.9 Å². The maximum atomic E-state index is 11.6. The zero-order valence-electron chi connectivity index (χ0n) is 10.3. The normalized spacial score (nSPS) is 15.9. The molecular formula is C10H5NNa2O5S. The standard InChI is InChI=1S/C10H7NO5S.2Na/c12-10-7-4-2-1-3-6(7)9(17(14,15)16)5-8(10)11-13;;/h1-5,13H,(H,14,15,16);;/q;2*+1/p-2/b11-8+;;. The van der Waals surface area contributed by atoms with Gasteiger partial charge in [-0.05, 0) is 6.08 Å². The van der Waals surface area contributed by atoms with Crippen molar-refractivity contribution in [2.75, 3.05) is 0 Å². The zero-order chi connectivity index (χ0) is 12.6. The minimum absolute atomic E-state index is 0. The Bertz CT molecular complexity index is 666. The molecule has 9 heteroatoms. The Morgan fingerprint density at radius 1 is 1.05 bits per heavy atom. The van der Waals surface area contributed by atoms with Gasteiger partial charge in [-0.2, -0.15) is 0 Å². The first-order chi connectivity index (χ1) is 7.95. The fourth-order valence-electron chi connectivity index (χ4n) is 1.58. The summed E-state index contributed by atoms with van der Waals surface area (Å²) < 4.78 is 33.1. The summed E-state index contributed by atoms with van der Waals surface area (Å²) in [6.45, 7) is 0. The summed E-state index contributed by atoms with van der Waals surface area (Å²) in [6, 6.07) is 5.65. The van der Waals surface area contributed by atoms with Crippen molar-refractivity contribution in [1.29, 1.82) is 0 Å². The van der Waals surface area contributed by atoms with Crippen molar-refractivity contribution in [1.82, 2.24) is 0 Å². The summed E-state index contributed by atoms with van der Waals surface area (Å²) in [7, 11) is -4.77.